The highest BCUT2D eigenvalue weighted by molar-refractivity contribution is 7.89. The first-order valence-corrected chi connectivity index (χ1v) is 9.90. The third-order valence-corrected chi connectivity index (χ3v) is 6.22. The lowest BCUT2D eigenvalue weighted by molar-refractivity contribution is 0.0951. The summed E-state index contributed by atoms with van der Waals surface area (Å²) in [5, 5.41) is 2.65. The second-order valence-electron chi connectivity index (χ2n) is 6.28. The number of nitrogens with one attached hydrogen (secondary N) is 1. The first kappa shape index (κ1) is 18.8. The van der Waals surface area contributed by atoms with Crippen molar-refractivity contribution in [3.8, 4) is 0 Å². The van der Waals surface area contributed by atoms with E-state index in [1.807, 2.05) is 0 Å². The standard InChI is InChI=1S/C18H18ClFN2O3S/c1-22(26(24,25)15-8-9-17(20)16(19)10-15)11-12-2-4-13(5-3-12)18(23)21-14-6-7-14/h2-5,8-10,14H,6-7,11H2,1H3,(H,21,23). The van der Waals surface area contributed by atoms with Crippen LogP contribution in [0.25, 0.3) is 0 Å². The van der Waals surface area contributed by atoms with Gasteiger partial charge in [-0.25, -0.2) is 12.8 Å². The maximum Gasteiger partial charge on any atom is 0.251 e. The van der Waals surface area contributed by atoms with Crippen LogP contribution >= 0.6 is 11.6 Å². The van der Waals surface area contributed by atoms with Gasteiger partial charge in [-0.3, -0.25) is 4.79 Å². The quantitative estimate of drug-likeness (QED) is 0.815. The summed E-state index contributed by atoms with van der Waals surface area (Å²) < 4.78 is 39.6. The zero-order valence-corrected chi connectivity index (χ0v) is 15.6. The molecule has 0 radical (unpaired) electrons. The van der Waals surface area contributed by atoms with Crippen LogP contribution in [0, 0.1) is 5.82 Å². The number of sulfonamides is 1. The van der Waals surface area contributed by atoms with E-state index in [-0.39, 0.29) is 28.4 Å². The van der Waals surface area contributed by atoms with Crippen LogP contribution in [0.15, 0.2) is 47.4 Å². The number of benzene rings is 2. The van der Waals surface area contributed by atoms with Gasteiger partial charge in [-0.2, -0.15) is 4.31 Å². The van der Waals surface area contributed by atoms with E-state index in [0.29, 0.717) is 5.56 Å². The molecule has 1 aliphatic rings. The first-order chi connectivity index (χ1) is 12.3. The number of halogens is 2. The molecule has 5 nitrogen and oxygen atoms in total. The van der Waals surface area contributed by atoms with E-state index >= 15 is 0 Å². The molecule has 0 aliphatic heterocycles. The Morgan fingerprint density at radius 1 is 1.23 bits per heavy atom. The van der Waals surface area contributed by atoms with Gasteiger partial charge in [-0.1, -0.05) is 23.7 Å². The molecule has 0 saturated heterocycles. The second kappa shape index (κ2) is 7.34. The SMILES string of the molecule is CN(Cc1ccc(C(=O)NC2CC2)cc1)S(=O)(=O)c1ccc(F)c(Cl)c1. The molecular weight excluding hydrogens is 379 g/mol. The number of carbonyl (C=O) groups excluding carboxylic acids is 1. The summed E-state index contributed by atoms with van der Waals surface area (Å²) in [6.45, 7) is 0.113. The summed E-state index contributed by atoms with van der Waals surface area (Å²) in [6, 6.07) is 10.3. The number of hydrogen-bond acceptors (Lipinski definition) is 3. The van der Waals surface area contributed by atoms with Gasteiger partial charge in [0, 0.05) is 25.2 Å². The maximum atomic E-state index is 13.2. The maximum absolute atomic E-state index is 13.2. The summed E-state index contributed by atoms with van der Waals surface area (Å²) >= 11 is 5.68. The number of nitrogens with zero attached hydrogens (tertiary/aromatic N) is 1. The highest BCUT2D eigenvalue weighted by atomic mass is 35.5. The fourth-order valence-electron chi connectivity index (χ4n) is 2.42. The van der Waals surface area contributed by atoms with Crippen molar-refractivity contribution >= 4 is 27.5 Å². The zero-order valence-electron chi connectivity index (χ0n) is 14.1. The molecule has 0 aromatic heterocycles. The number of carbonyl (C=O) groups is 1. The predicted molar refractivity (Wildman–Crippen MR) is 97.0 cm³/mol. The van der Waals surface area contributed by atoms with Gasteiger partial charge in [-0.05, 0) is 48.7 Å². The van der Waals surface area contributed by atoms with Crippen molar-refractivity contribution in [3.63, 3.8) is 0 Å². The fourth-order valence-corrected chi connectivity index (χ4v) is 3.85. The highest BCUT2D eigenvalue weighted by Crippen LogP contribution is 2.23. The van der Waals surface area contributed by atoms with Gasteiger partial charge in [0.15, 0.2) is 0 Å². The number of rotatable bonds is 6. The van der Waals surface area contributed by atoms with Gasteiger partial charge in [0.1, 0.15) is 5.82 Å². The van der Waals surface area contributed by atoms with E-state index in [9.17, 15) is 17.6 Å². The fraction of sp³-hybridized carbons (Fsp3) is 0.278. The second-order valence-corrected chi connectivity index (χ2v) is 8.73. The van der Waals surface area contributed by atoms with E-state index < -0.39 is 15.8 Å². The van der Waals surface area contributed by atoms with Crippen molar-refractivity contribution in [2.24, 2.45) is 0 Å². The van der Waals surface area contributed by atoms with E-state index in [2.05, 4.69) is 5.32 Å². The molecule has 1 saturated carbocycles. The normalized spacial score (nSPS) is 14.5. The summed E-state index contributed by atoms with van der Waals surface area (Å²) in [5.74, 6) is -0.797. The monoisotopic (exact) mass is 396 g/mol. The van der Waals surface area contributed by atoms with Crippen molar-refractivity contribution in [1.29, 1.82) is 0 Å². The lowest BCUT2D eigenvalue weighted by Gasteiger charge is -2.17. The molecule has 0 heterocycles. The van der Waals surface area contributed by atoms with Crippen LogP contribution in [-0.4, -0.2) is 31.7 Å². The van der Waals surface area contributed by atoms with E-state index in [1.165, 1.54) is 13.1 Å². The van der Waals surface area contributed by atoms with Crippen LogP contribution in [0.1, 0.15) is 28.8 Å². The molecular formula is C18H18ClFN2O3S. The Balaban J connectivity index is 1.70. The lowest BCUT2D eigenvalue weighted by atomic mass is 10.1. The Morgan fingerprint density at radius 3 is 2.46 bits per heavy atom. The minimum atomic E-state index is -3.81. The molecule has 8 heteroatoms. The van der Waals surface area contributed by atoms with E-state index in [4.69, 9.17) is 11.6 Å². The highest BCUT2D eigenvalue weighted by Gasteiger charge is 2.24. The molecule has 1 amide bonds. The Kier molecular flexibility index (Phi) is 5.32. The number of amides is 1. The van der Waals surface area contributed by atoms with Crippen molar-refractivity contribution < 1.29 is 17.6 Å². The van der Waals surface area contributed by atoms with Crippen molar-refractivity contribution in [1.82, 2.24) is 9.62 Å². The van der Waals surface area contributed by atoms with Gasteiger partial charge >= 0.3 is 0 Å². The van der Waals surface area contributed by atoms with Crippen LogP contribution in [0.4, 0.5) is 4.39 Å². The third-order valence-electron chi connectivity index (χ3n) is 4.13. The molecule has 0 bridgehead atoms. The first-order valence-electron chi connectivity index (χ1n) is 8.08. The van der Waals surface area contributed by atoms with Crippen LogP contribution < -0.4 is 5.32 Å². The van der Waals surface area contributed by atoms with Gasteiger partial charge < -0.3 is 5.32 Å². The van der Waals surface area contributed by atoms with Gasteiger partial charge in [-0.15, -0.1) is 0 Å². The Hall–Kier alpha value is -1.96. The topological polar surface area (TPSA) is 66.5 Å². The predicted octanol–water partition coefficient (Wildman–Crippen LogP) is 3.19. The molecule has 138 valence electrons. The smallest absolute Gasteiger partial charge is 0.251 e. The van der Waals surface area contributed by atoms with Gasteiger partial charge in [0.25, 0.3) is 5.91 Å². The van der Waals surface area contributed by atoms with Gasteiger partial charge in [0.05, 0.1) is 9.92 Å². The van der Waals surface area contributed by atoms with Crippen LogP contribution in [0.5, 0.6) is 0 Å². The molecule has 1 aliphatic carbocycles. The Labute approximate surface area is 156 Å². The van der Waals surface area contributed by atoms with Crippen LogP contribution in [0.3, 0.4) is 0 Å². The third kappa shape index (κ3) is 4.23. The molecule has 2 aromatic rings. The minimum Gasteiger partial charge on any atom is -0.349 e. The molecule has 2 aromatic carbocycles. The average molecular weight is 397 g/mol. The molecule has 0 atom stereocenters. The summed E-state index contributed by atoms with van der Waals surface area (Å²) in [5.41, 5.74) is 1.27. The van der Waals surface area contributed by atoms with Crippen molar-refractivity contribution in [2.45, 2.75) is 30.3 Å². The molecule has 0 spiro atoms. The average Bonchev–Trinajstić information content (AvgIpc) is 3.41. The van der Waals surface area contributed by atoms with Crippen LogP contribution in [0.2, 0.25) is 5.02 Å². The zero-order chi connectivity index (χ0) is 18.9. The molecule has 1 fully saturated rings. The minimum absolute atomic E-state index is 0.0770. The Bertz CT molecular complexity index is 928. The lowest BCUT2D eigenvalue weighted by Crippen LogP contribution is -2.27. The van der Waals surface area contributed by atoms with Crippen molar-refractivity contribution in [3.05, 3.63) is 64.4 Å². The summed E-state index contributed by atoms with van der Waals surface area (Å²) in [7, 11) is -2.38. The Morgan fingerprint density at radius 2 is 1.88 bits per heavy atom. The van der Waals surface area contributed by atoms with E-state index in [1.54, 1.807) is 24.3 Å². The number of hydrogen-bond donors (Lipinski definition) is 1. The molecule has 0 unspecified atom stereocenters. The van der Waals surface area contributed by atoms with Crippen molar-refractivity contribution in [2.75, 3.05) is 7.05 Å². The van der Waals surface area contributed by atoms with E-state index in [0.717, 1.165) is 34.8 Å². The summed E-state index contributed by atoms with van der Waals surface area (Å²) in [4.78, 5) is 11.9. The van der Waals surface area contributed by atoms with Crippen LogP contribution in [-0.2, 0) is 16.6 Å². The molecule has 26 heavy (non-hydrogen) atoms. The summed E-state index contributed by atoms with van der Waals surface area (Å²) in [6.07, 6.45) is 2.03. The van der Waals surface area contributed by atoms with Gasteiger partial charge in [0.2, 0.25) is 10.0 Å². The largest absolute Gasteiger partial charge is 0.349 e. The molecule has 3 rings (SSSR count). The molecule has 1 N–H and O–H groups in total.